The van der Waals surface area contributed by atoms with Crippen molar-refractivity contribution in [1.82, 2.24) is 5.16 Å². The van der Waals surface area contributed by atoms with Gasteiger partial charge in [0, 0.05) is 12.0 Å². The number of aromatic nitrogens is 1. The lowest BCUT2D eigenvalue weighted by Crippen LogP contribution is -1.89. The first-order valence-electron chi connectivity index (χ1n) is 3.67. The Morgan fingerprint density at radius 3 is 3.22 bits per heavy atom. The van der Waals surface area contributed by atoms with Gasteiger partial charge < -0.3 is 4.52 Å². The van der Waals surface area contributed by atoms with Crippen molar-refractivity contribution in [3.8, 4) is 0 Å². The molecule has 9 heavy (non-hydrogen) atoms. The van der Waals surface area contributed by atoms with E-state index in [-0.39, 0.29) is 6.24 Å². The standard InChI is InChI=1S/C7H11NO/c1-3-6(2)7-4-5-9-8-7/h4-6H,3H2,1-2H3/t6-/m1/s1/i5D. The quantitative estimate of drug-likeness (QED) is 0.607. The Hall–Kier alpha value is -0.790. The Bertz CT molecular complexity index is 209. The highest BCUT2D eigenvalue weighted by molar-refractivity contribution is 5.01. The molecule has 0 amide bonds. The molecule has 1 rings (SSSR count). The Morgan fingerprint density at radius 1 is 2.00 bits per heavy atom. The molecule has 0 unspecified atom stereocenters. The number of rotatable bonds is 2. The molecule has 0 fully saturated rings. The van der Waals surface area contributed by atoms with Gasteiger partial charge in [-0.2, -0.15) is 0 Å². The summed E-state index contributed by atoms with van der Waals surface area (Å²) in [4.78, 5) is 0. The first-order chi connectivity index (χ1) is 4.74. The second-order valence-corrected chi connectivity index (χ2v) is 2.18. The second kappa shape index (κ2) is 2.67. The Kier molecular flexibility index (Phi) is 1.49. The van der Waals surface area contributed by atoms with Crippen LogP contribution in [0.4, 0.5) is 0 Å². The average Bonchev–Trinajstić information content (AvgIpc) is 2.34. The fourth-order valence-corrected chi connectivity index (χ4v) is 0.634. The Labute approximate surface area is 56.3 Å². The summed E-state index contributed by atoms with van der Waals surface area (Å²) in [6.45, 7) is 4.15. The smallest absolute Gasteiger partial charge is 0.124 e. The molecule has 0 spiro atoms. The van der Waals surface area contributed by atoms with Crippen molar-refractivity contribution in [2.75, 3.05) is 0 Å². The predicted octanol–water partition coefficient (Wildman–Crippen LogP) is 2.19. The van der Waals surface area contributed by atoms with Gasteiger partial charge in [-0.25, -0.2) is 0 Å². The minimum absolute atomic E-state index is 0.148. The molecule has 50 valence electrons. The summed E-state index contributed by atoms with van der Waals surface area (Å²) in [7, 11) is 0. The molecule has 1 heterocycles. The van der Waals surface area contributed by atoms with E-state index in [2.05, 4.69) is 23.5 Å². The first-order valence-corrected chi connectivity index (χ1v) is 3.17. The van der Waals surface area contributed by atoms with Gasteiger partial charge in [-0.15, -0.1) is 0 Å². The maximum Gasteiger partial charge on any atom is 0.124 e. The van der Waals surface area contributed by atoms with Gasteiger partial charge in [0.15, 0.2) is 0 Å². The minimum Gasteiger partial charge on any atom is -0.365 e. The highest BCUT2D eigenvalue weighted by Crippen LogP contribution is 2.14. The lowest BCUT2D eigenvalue weighted by atomic mass is 10.1. The van der Waals surface area contributed by atoms with Crippen LogP contribution in [-0.4, -0.2) is 5.16 Å². The van der Waals surface area contributed by atoms with Crippen LogP contribution < -0.4 is 0 Å². The van der Waals surface area contributed by atoms with Crippen molar-refractivity contribution in [2.45, 2.75) is 26.2 Å². The first kappa shape index (κ1) is 5.03. The molecule has 0 radical (unpaired) electrons. The summed E-state index contributed by atoms with van der Waals surface area (Å²) in [5.41, 5.74) is 0.882. The third-order valence-corrected chi connectivity index (χ3v) is 1.53. The predicted molar refractivity (Wildman–Crippen MR) is 35.2 cm³/mol. The van der Waals surface area contributed by atoms with E-state index in [0.29, 0.717) is 5.92 Å². The molecule has 2 nitrogen and oxygen atoms in total. The summed E-state index contributed by atoms with van der Waals surface area (Å²) < 4.78 is 11.7. The van der Waals surface area contributed by atoms with Gasteiger partial charge in [0.1, 0.15) is 7.61 Å². The highest BCUT2D eigenvalue weighted by Gasteiger charge is 2.03. The second-order valence-electron chi connectivity index (χ2n) is 2.18. The zero-order valence-electron chi connectivity index (χ0n) is 6.72. The molecule has 0 aliphatic heterocycles. The maximum atomic E-state index is 7.06. The third-order valence-electron chi connectivity index (χ3n) is 1.53. The number of hydrogen-bond acceptors (Lipinski definition) is 2. The van der Waals surface area contributed by atoms with Crippen LogP contribution in [0, 0.1) is 0 Å². The zero-order chi connectivity index (χ0) is 7.56. The molecule has 2 heteroatoms. The Balaban J connectivity index is 2.74. The van der Waals surface area contributed by atoms with E-state index in [9.17, 15) is 0 Å². The number of hydrogen-bond donors (Lipinski definition) is 0. The van der Waals surface area contributed by atoms with E-state index in [1.54, 1.807) is 6.07 Å². The van der Waals surface area contributed by atoms with Gasteiger partial charge in [-0.3, -0.25) is 0 Å². The zero-order valence-corrected chi connectivity index (χ0v) is 5.72. The van der Waals surface area contributed by atoms with Crippen LogP contribution in [0.5, 0.6) is 0 Å². The lowest BCUT2D eigenvalue weighted by Gasteiger charge is -1.99. The largest absolute Gasteiger partial charge is 0.365 e. The van der Waals surface area contributed by atoms with Gasteiger partial charge in [0.05, 0.1) is 5.69 Å². The molecule has 0 aliphatic carbocycles. The molecule has 0 bridgehead atoms. The molecular formula is C7H11NO. The summed E-state index contributed by atoms with van der Waals surface area (Å²) in [5, 5.41) is 3.72. The molecule has 0 aromatic carbocycles. The van der Waals surface area contributed by atoms with Gasteiger partial charge in [-0.05, 0) is 6.42 Å². The Morgan fingerprint density at radius 2 is 2.78 bits per heavy atom. The lowest BCUT2D eigenvalue weighted by molar-refractivity contribution is 0.406. The van der Waals surface area contributed by atoms with Crippen molar-refractivity contribution >= 4 is 0 Å². The van der Waals surface area contributed by atoms with E-state index in [1.165, 1.54) is 0 Å². The normalized spacial score (nSPS) is 15.1. The molecule has 0 aliphatic rings. The molecule has 0 saturated heterocycles. The SMILES string of the molecule is [2H]c1cc([C@H](C)CC)no1. The van der Waals surface area contributed by atoms with Crippen LogP contribution in [0.15, 0.2) is 16.8 Å². The van der Waals surface area contributed by atoms with E-state index in [0.717, 1.165) is 12.1 Å². The summed E-state index contributed by atoms with van der Waals surface area (Å²) in [6, 6.07) is 1.66. The van der Waals surface area contributed by atoms with E-state index in [4.69, 9.17) is 1.37 Å². The van der Waals surface area contributed by atoms with Crippen LogP contribution >= 0.6 is 0 Å². The van der Waals surface area contributed by atoms with Gasteiger partial charge in [-0.1, -0.05) is 19.0 Å². The van der Waals surface area contributed by atoms with Gasteiger partial charge >= 0.3 is 0 Å². The highest BCUT2D eigenvalue weighted by atomic mass is 16.5. The van der Waals surface area contributed by atoms with Crippen molar-refractivity contribution in [2.24, 2.45) is 0 Å². The summed E-state index contributed by atoms with van der Waals surface area (Å²) in [6.07, 6.45) is 1.18. The van der Waals surface area contributed by atoms with Crippen molar-refractivity contribution in [1.29, 1.82) is 0 Å². The van der Waals surface area contributed by atoms with Crippen LogP contribution in [0.3, 0.4) is 0 Å². The van der Waals surface area contributed by atoms with Crippen LogP contribution in [0.25, 0.3) is 0 Å². The maximum absolute atomic E-state index is 7.06. The van der Waals surface area contributed by atoms with Crippen LogP contribution in [0.2, 0.25) is 0 Å². The summed E-state index contributed by atoms with van der Waals surface area (Å²) >= 11 is 0. The molecule has 1 atom stereocenters. The fourth-order valence-electron chi connectivity index (χ4n) is 0.634. The molecule has 0 saturated carbocycles. The van der Waals surface area contributed by atoms with E-state index >= 15 is 0 Å². The van der Waals surface area contributed by atoms with Crippen LogP contribution in [0.1, 0.15) is 33.3 Å². The van der Waals surface area contributed by atoms with Crippen LogP contribution in [-0.2, 0) is 0 Å². The van der Waals surface area contributed by atoms with E-state index < -0.39 is 0 Å². The van der Waals surface area contributed by atoms with Crippen molar-refractivity contribution in [3.05, 3.63) is 18.0 Å². The molecule has 1 aromatic rings. The minimum atomic E-state index is 0.148. The molecule has 0 N–H and O–H groups in total. The molecule has 1 aromatic heterocycles. The monoisotopic (exact) mass is 126 g/mol. The van der Waals surface area contributed by atoms with E-state index in [1.807, 2.05) is 0 Å². The topological polar surface area (TPSA) is 26.0 Å². The van der Waals surface area contributed by atoms with Gasteiger partial charge in [0.2, 0.25) is 0 Å². The summed E-state index contributed by atoms with van der Waals surface area (Å²) in [5.74, 6) is 0.405. The van der Waals surface area contributed by atoms with Gasteiger partial charge in [0.25, 0.3) is 0 Å². The number of nitrogens with zero attached hydrogens (tertiary/aromatic N) is 1. The fraction of sp³-hybridized carbons (Fsp3) is 0.571. The average molecular weight is 126 g/mol. The molecular weight excluding hydrogens is 114 g/mol. The third kappa shape index (κ3) is 1.31. The van der Waals surface area contributed by atoms with Crippen molar-refractivity contribution < 1.29 is 5.89 Å². The van der Waals surface area contributed by atoms with Crippen molar-refractivity contribution in [3.63, 3.8) is 0 Å².